The smallest absolute Gasteiger partial charge is 0.324 e. The second kappa shape index (κ2) is 8.64. The van der Waals surface area contributed by atoms with E-state index in [-0.39, 0.29) is 30.8 Å². The molecule has 6 heteroatoms. The minimum absolute atomic E-state index is 0.0569. The Morgan fingerprint density at radius 3 is 2.24 bits per heavy atom. The fraction of sp³-hybridized carbons (Fsp3) is 0.800. The van der Waals surface area contributed by atoms with Gasteiger partial charge in [0.2, 0.25) is 5.91 Å². The molecule has 0 aromatic heterocycles. The van der Waals surface area contributed by atoms with Crippen LogP contribution in [0, 0.1) is 5.92 Å². The van der Waals surface area contributed by atoms with Gasteiger partial charge < -0.3 is 10.0 Å². The number of carbonyl (C=O) groups excluding carboxylic acids is 2. The van der Waals surface area contributed by atoms with Gasteiger partial charge in [-0.3, -0.25) is 14.9 Å². The van der Waals surface area contributed by atoms with Gasteiger partial charge in [-0.2, -0.15) is 0 Å². The maximum absolute atomic E-state index is 12.0. The topological polar surface area (TPSA) is 86.7 Å². The van der Waals surface area contributed by atoms with Crippen molar-refractivity contribution in [1.82, 2.24) is 10.2 Å². The molecule has 2 N–H and O–H groups in total. The van der Waals surface area contributed by atoms with E-state index in [4.69, 9.17) is 5.11 Å². The number of imide groups is 1. The Kier molecular flexibility index (Phi) is 7.19. The summed E-state index contributed by atoms with van der Waals surface area (Å²) in [7, 11) is 1.73. The molecule has 0 aromatic rings. The van der Waals surface area contributed by atoms with Gasteiger partial charge in [-0.25, -0.2) is 4.79 Å². The van der Waals surface area contributed by atoms with Gasteiger partial charge in [-0.15, -0.1) is 0 Å². The fourth-order valence-corrected chi connectivity index (χ4v) is 2.63. The molecule has 21 heavy (non-hydrogen) atoms. The SMILES string of the molecule is CC1CCC(N(C)C(=O)NC(=O)CCCCC(=O)O)CC1. The third kappa shape index (κ3) is 6.60. The first-order valence-electron chi connectivity index (χ1n) is 7.68. The van der Waals surface area contributed by atoms with Crippen LogP contribution in [0.5, 0.6) is 0 Å². The number of unbranched alkanes of at least 4 members (excludes halogenated alkanes) is 1. The summed E-state index contributed by atoms with van der Waals surface area (Å²) in [6.07, 6.45) is 5.38. The second-order valence-corrected chi connectivity index (χ2v) is 5.98. The number of nitrogens with zero attached hydrogens (tertiary/aromatic N) is 1. The minimum Gasteiger partial charge on any atom is -0.481 e. The van der Waals surface area contributed by atoms with Gasteiger partial charge in [0.15, 0.2) is 0 Å². The van der Waals surface area contributed by atoms with E-state index in [1.165, 1.54) is 0 Å². The standard InChI is InChI=1S/C15H26N2O4/c1-11-7-9-12(10-8-11)17(2)15(21)16-13(18)5-3-4-6-14(19)20/h11-12H,3-10H2,1-2H3,(H,19,20)(H,16,18,21). The van der Waals surface area contributed by atoms with Crippen molar-refractivity contribution in [1.29, 1.82) is 0 Å². The highest BCUT2D eigenvalue weighted by Crippen LogP contribution is 2.26. The fourth-order valence-electron chi connectivity index (χ4n) is 2.63. The van der Waals surface area contributed by atoms with Crippen LogP contribution >= 0.6 is 0 Å². The Morgan fingerprint density at radius 2 is 1.67 bits per heavy atom. The molecular formula is C15H26N2O4. The summed E-state index contributed by atoms with van der Waals surface area (Å²) in [5.41, 5.74) is 0. The molecule has 0 spiro atoms. The Hall–Kier alpha value is -1.59. The molecule has 1 aliphatic carbocycles. The molecule has 0 unspecified atom stereocenters. The van der Waals surface area contributed by atoms with Crippen molar-refractivity contribution in [2.45, 2.75) is 64.3 Å². The summed E-state index contributed by atoms with van der Waals surface area (Å²) in [6, 6.07) is -0.140. The normalized spacial score (nSPS) is 21.6. The van der Waals surface area contributed by atoms with Crippen molar-refractivity contribution in [3.05, 3.63) is 0 Å². The zero-order valence-corrected chi connectivity index (χ0v) is 12.9. The lowest BCUT2D eigenvalue weighted by Gasteiger charge is -2.33. The Labute approximate surface area is 125 Å². The van der Waals surface area contributed by atoms with Gasteiger partial charge in [0.1, 0.15) is 0 Å². The van der Waals surface area contributed by atoms with Crippen LogP contribution in [0.2, 0.25) is 0 Å². The first kappa shape index (κ1) is 17.5. The predicted molar refractivity (Wildman–Crippen MR) is 78.8 cm³/mol. The molecule has 120 valence electrons. The van der Waals surface area contributed by atoms with Crippen LogP contribution in [-0.4, -0.2) is 41.0 Å². The highest BCUT2D eigenvalue weighted by molar-refractivity contribution is 5.94. The van der Waals surface area contributed by atoms with Crippen LogP contribution in [0.1, 0.15) is 58.3 Å². The highest BCUT2D eigenvalue weighted by atomic mass is 16.4. The number of hydrogen-bond acceptors (Lipinski definition) is 3. The van der Waals surface area contributed by atoms with Crippen molar-refractivity contribution >= 4 is 17.9 Å². The number of hydrogen-bond donors (Lipinski definition) is 2. The molecule has 0 bridgehead atoms. The molecule has 0 saturated heterocycles. The van der Waals surface area contributed by atoms with E-state index < -0.39 is 5.97 Å². The lowest BCUT2D eigenvalue weighted by molar-refractivity contribution is -0.137. The molecule has 1 fully saturated rings. The summed E-state index contributed by atoms with van der Waals surface area (Å²) >= 11 is 0. The summed E-state index contributed by atoms with van der Waals surface area (Å²) in [6.45, 7) is 2.22. The molecule has 0 atom stereocenters. The first-order valence-corrected chi connectivity index (χ1v) is 7.68. The highest BCUT2D eigenvalue weighted by Gasteiger charge is 2.25. The van der Waals surface area contributed by atoms with Gasteiger partial charge >= 0.3 is 12.0 Å². The van der Waals surface area contributed by atoms with Gasteiger partial charge in [-0.1, -0.05) is 6.92 Å². The molecule has 1 saturated carbocycles. The number of carboxylic acids is 1. The van der Waals surface area contributed by atoms with Crippen molar-refractivity contribution in [3.8, 4) is 0 Å². The number of aliphatic carboxylic acids is 1. The average molecular weight is 298 g/mol. The van der Waals surface area contributed by atoms with Crippen LogP contribution in [0.3, 0.4) is 0 Å². The number of urea groups is 1. The molecule has 0 aliphatic heterocycles. The van der Waals surface area contributed by atoms with E-state index in [1.807, 2.05) is 0 Å². The van der Waals surface area contributed by atoms with E-state index >= 15 is 0 Å². The molecule has 0 aromatic carbocycles. The Morgan fingerprint density at radius 1 is 1.10 bits per heavy atom. The number of nitrogens with one attached hydrogen (secondary N) is 1. The largest absolute Gasteiger partial charge is 0.481 e. The van der Waals surface area contributed by atoms with E-state index in [1.54, 1.807) is 11.9 Å². The minimum atomic E-state index is -0.863. The Balaban J connectivity index is 2.25. The Bertz CT molecular complexity index is 376. The zero-order valence-electron chi connectivity index (χ0n) is 12.9. The molecular weight excluding hydrogens is 272 g/mol. The molecule has 0 radical (unpaired) electrons. The first-order chi connectivity index (χ1) is 9.90. The van der Waals surface area contributed by atoms with Crippen LogP contribution in [-0.2, 0) is 9.59 Å². The van der Waals surface area contributed by atoms with Gasteiger partial charge in [-0.05, 0) is 44.4 Å². The summed E-state index contributed by atoms with van der Waals surface area (Å²) in [5.74, 6) is -0.479. The molecule has 0 heterocycles. The average Bonchev–Trinajstić information content (AvgIpc) is 2.43. The van der Waals surface area contributed by atoms with Crippen LogP contribution in [0.4, 0.5) is 4.79 Å². The number of amides is 3. The maximum atomic E-state index is 12.0. The van der Waals surface area contributed by atoms with E-state index in [0.29, 0.717) is 18.8 Å². The second-order valence-electron chi connectivity index (χ2n) is 5.98. The van der Waals surface area contributed by atoms with Crippen LogP contribution in [0.25, 0.3) is 0 Å². The van der Waals surface area contributed by atoms with E-state index in [0.717, 1.165) is 25.7 Å². The molecule has 1 aliphatic rings. The van der Waals surface area contributed by atoms with Crippen LogP contribution < -0.4 is 5.32 Å². The van der Waals surface area contributed by atoms with Gasteiger partial charge in [0.05, 0.1) is 0 Å². The van der Waals surface area contributed by atoms with Crippen molar-refractivity contribution in [3.63, 3.8) is 0 Å². The van der Waals surface area contributed by atoms with Crippen molar-refractivity contribution < 1.29 is 19.5 Å². The third-order valence-electron chi connectivity index (χ3n) is 4.14. The maximum Gasteiger partial charge on any atom is 0.324 e. The van der Waals surface area contributed by atoms with Gasteiger partial charge in [0, 0.05) is 25.9 Å². The monoisotopic (exact) mass is 298 g/mol. The van der Waals surface area contributed by atoms with Crippen molar-refractivity contribution in [2.24, 2.45) is 5.92 Å². The number of carboxylic acid groups (broad SMARTS) is 1. The lowest BCUT2D eigenvalue weighted by Crippen LogP contribution is -2.46. The molecule has 6 nitrogen and oxygen atoms in total. The number of carbonyl (C=O) groups is 3. The summed E-state index contributed by atoms with van der Waals surface area (Å²) < 4.78 is 0. The van der Waals surface area contributed by atoms with Crippen molar-refractivity contribution in [2.75, 3.05) is 7.05 Å². The molecule has 1 rings (SSSR count). The van der Waals surface area contributed by atoms with Gasteiger partial charge in [0.25, 0.3) is 0 Å². The lowest BCUT2D eigenvalue weighted by atomic mass is 9.87. The van der Waals surface area contributed by atoms with Crippen LogP contribution in [0.15, 0.2) is 0 Å². The van der Waals surface area contributed by atoms with E-state index in [9.17, 15) is 14.4 Å². The number of rotatable bonds is 6. The third-order valence-corrected chi connectivity index (χ3v) is 4.14. The quantitative estimate of drug-likeness (QED) is 0.737. The summed E-state index contributed by atoms with van der Waals surface area (Å²) in [4.78, 5) is 35.6. The molecule has 3 amide bonds. The summed E-state index contributed by atoms with van der Waals surface area (Å²) in [5, 5.41) is 10.9. The zero-order chi connectivity index (χ0) is 15.8. The predicted octanol–water partition coefficient (Wildman–Crippen LogP) is 2.38. The van der Waals surface area contributed by atoms with E-state index in [2.05, 4.69) is 12.2 Å².